The Morgan fingerprint density at radius 3 is 2.42 bits per heavy atom. The van der Waals surface area contributed by atoms with Crippen molar-refractivity contribution in [1.82, 2.24) is 15.5 Å². The van der Waals surface area contributed by atoms with E-state index < -0.39 is 29.4 Å². The molecule has 1 aliphatic carbocycles. The second-order valence-electron chi connectivity index (χ2n) is 9.47. The largest absolute Gasteiger partial charge is 0.497 e. The van der Waals surface area contributed by atoms with Crippen LogP contribution in [0.15, 0.2) is 72.8 Å². The Labute approximate surface area is 210 Å². The van der Waals surface area contributed by atoms with E-state index >= 15 is 0 Å². The molecule has 1 saturated heterocycles. The molecule has 0 bridgehead atoms. The minimum absolute atomic E-state index is 0.370. The van der Waals surface area contributed by atoms with Gasteiger partial charge >= 0.3 is 6.03 Å². The average molecular weight is 484 g/mol. The molecule has 7 nitrogen and oxygen atoms in total. The number of hydrogen-bond acceptors (Lipinski definition) is 4. The Balaban J connectivity index is 1.35. The highest BCUT2D eigenvalue weighted by Gasteiger charge is 2.49. The van der Waals surface area contributed by atoms with Gasteiger partial charge in [-0.25, -0.2) is 4.79 Å². The van der Waals surface area contributed by atoms with Gasteiger partial charge in [-0.3, -0.25) is 14.5 Å². The van der Waals surface area contributed by atoms with Crippen LogP contribution in [0.5, 0.6) is 5.75 Å². The predicted octanol–water partition coefficient (Wildman–Crippen LogP) is 3.86. The fourth-order valence-electron chi connectivity index (χ4n) is 5.07. The smallest absolute Gasteiger partial charge is 0.325 e. The highest BCUT2D eigenvalue weighted by molar-refractivity contribution is 6.09. The Bertz CT molecular complexity index is 1310. The van der Waals surface area contributed by atoms with Gasteiger partial charge in [0.15, 0.2) is 0 Å². The van der Waals surface area contributed by atoms with Crippen LogP contribution in [0.3, 0.4) is 0 Å². The van der Waals surface area contributed by atoms with Gasteiger partial charge in [-0.1, -0.05) is 60.7 Å². The van der Waals surface area contributed by atoms with Crippen LogP contribution < -0.4 is 15.4 Å². The molecule has 1 fully saturated rings. The molecular weight excluding hydrogens is 454 g/mol. The van der Waals surface area contributed by atoms with Crippen molar-refractivity contribution in [1.29, 1.82) is 0 Å². The third-order valence-electron chi connectivity index (χ3n) is 7.14. The number of nitrogens with zero attached hydrogens (tertiary/aromatic N) is 1. The summed E-state index contributed by atoms with van der Waals surface area (Å²) < 4.78 is 5.25. The summed E-state index contributed by atoms with van der Waals surface area (Å²) in [4.78, 5) is 40.4. The summed E-state index contributed by atoms with van der Waals surface area (Å²) in [6.45, 7) is 1.33. The minimum Gasteiger partial charge on any atom is -0.497 e. The summed E-state index contributed by atoms with van der Waals surface area (Å²) in [7, 11) is 1.60. The summed E-state index contributed by atoms with van der Waals surface area (Å²) in [6, 6.07) is 21.9. The third-order valence-corrected chi connectivity index (χ3v) is 7.14. The number of rotatable bonds is 7. The standard InChI is InChI=1S/C29H29N3O4/c1-29(23-14-11-19-9-6-10-22(19)17-23)27(34)32(28(35)31-29)18-25(33)30-26(20-7-4-3-5-8-20)21-12-15-24(36-2)16-13-21/h3-5,7-8,11-17,26H,6,9-10,18H2,1-2H3,(H,30,33)(H,31,35)/t26-,29-/m0/s1. The van der Waals surface area contributed by atoms with Gasteiger partial charge in [-0.05, 0) is 66.1 Å². The van der Waals surface area contributed by atoms with Gasteiger partial charge in [0, 0.05) is 0 Å². The number of urea groups is 1. The van der Waals surface area contributed by atoms with Crippen LogP contribution in [0.1, 0.15) is 47.2 Å². The van der Waals surface area contributed by atoms with Crippen molar-refractivity contribution in [2.24, 2.45) is 0 Å². The molecule has 5 rings (SSSR count). The predicted molar refractivity (Wildman–Crippen MR) is 135 cm³/mol. The van der Waals surface area contributed by atoms with E-state index in [0.717, 1.165) is 40.9 Å². The van der Waals surface area contributed by atoms with Gasteiger partial charge in [0.2, 0.25) is 5.91 Å². The summed E-state index contributed by atoms with van der Waals surface area (Å²) in [5, 5.41) is 5.82. The van der Waals surface area contributed by atoms with Crippen LogP contribution in [0.25, 0.3) is 0 Å². The maximum Gasteiger partial charge on any atom is 0.325 e. The zero-order valence-corrected chi connectivity index (χ0v) is 20.4. The van der Waals surface area contributed by atoms with Gasteiger partial charge in [-0.2, -0.15) is 0 Å². The number of hydrogen-bond donors (Lipinski definition) is 2. The lowest BCUT2D eigenvalue weighted by Crippen LogP contribution is -2.44. The molecule has 3 aromatic rings. The normalized spacial score (nSPS) is 19.6. The molecule has 0 saturated carbocycles. The lowest BCUT2D eigenvalue weighted by molar-refractivity contribution is -0.135. The van der Waals surface area contributed by atoms with E-state index in [9.17, 15) is 14.4 Å². The number of ether oxygens (including phenoxy) is 1. The lowest BCUT2D eigenvalue weighted by Gasteiger charge is -2.24. The number of aryl methyl sites for hydroxylation is 2. The quantitative estimate of drug-likeness (QED) is 0.500. The van der Waals surface area contributed by atoms with Crippen molar-refractivity contribution in [3.05, 3.63) is 101 Å². The van der Waals surface area contributed by atoms with Crippen LogP contribution >= 0.6 is 0 Å². The second kappa shape index (κ2) is 9.49. The molecule has 0 aromatic heterocycles. The molecule has 7 heteroatoms. The number of amides is 4. The van der Waals surface area contributed by atoms with Crippen LogP contribution in [-0.4, -0.2) is 36.4 Å². The molecule has 1 aliphatic heterocycles. The molecule has 0 spiro atoms. The van der Waals surface area contributed by atoms with Gasteiger partial charge in [0.05, 0.1) is 13.2 Å². The molecule has 2 N–H and O–H groups in total. The number of imide groups is 1. The van der Waals surface area contributed by atoms with Gasteiger partial charge in [-0.15, -0.1) is 0 Å². The fourth-order valence-corrected chi connectivity index (χ4v) is 5.07. The average Bonchev–Trinajstić information content (AvgIpc) is 3.46. The first-order valence-electron chi connectivity index (χ1n) is 12.1. The highest BCUT2D eigenvalue weighted by Crippen LogP contribution is 2.32. The topological polar surface area (TPSA) is 87.7 Å². The second-order valence-corrected chi connectivity index (χ2v) is 9.47. The van der Waals surface area contributed by atoms with Crippen molar-refractivity contribution in [2.75, 3.05) is 13.7 Å². The zero-order valence-electron chi connectivity index (χ0n) is 20.4. The molecule has 0 radical (unpaired) electrons. The van der Waals surface area contributed by atoms with Gasteiger partial charge < -0.3 is 15.4 Å². The zero-order chi connectivity index (χ0) is 25.3. The molecule has 1 heterocycles. The maximum atomic E-state index is 13.4. The number of carbonyl (C=O) groups excluding carboxylic acids is 3. The van der Waals surface area contributed by atoms with Gasteiger partial charge in [0.25, 0.3) is 5.91 Å². The molecule has 3 aromatic carbocycles. The summed E-state index contributed by atoms with van der Waals surface area (Å²) in [5.74, 6) is -0.148. The summed E-state index contributed by atoms with van der Waals surface area (Å²) in [6.07, 6.45) is 3.11. The van der Waals surface area contributed by atoms with Gasteiger partial charge in [0.1, 0.15) is 17.8 Å². The van der Waals surface area contributed by atoms with Crippen molar-refractivity contribution >= 4 is 17.8 Å². The van der Waals surface area contributed by atoms with E-state index in [1.165, 1.54) is 11.1 Å². The maximum absolute atomic E-state index is 13.4. The summed E-state index contributed by atoms with van der Waals surface area (Å²) in [5.41, 5.74) is 3.79. The fraction of sp³-hybridized carbons (Fsp3) is 0.276. The van der Waals surface area contributed by atoms with Crippen LogP contribution in [0.4, 0.5) is 4.79 Å². The highest BCUT2D eigenvalue weighted by atomic mass is 16.5. The number of nitrogens with one attached hydrogen (secondary N) is 2. The van der Waals surface area contributed by atoms with Crippen molar-refractivity contribution in [2.45, 2.75) is 37.8 Å². The van der Waals surface area contributed by atoms with E-state index in [1.807, 2.05) is 72.8 Å². The molecule has 0 unspecified atom stereocenters. The molecule has 4 amide bonds. The number of fused-ring (bicyclic) bond motifs is 1. The Morgan fingerprint density at radius 2 is 1.69 bits per heavy atom. The number of carbonyl (C=O) groups is 3. The molecule has 2 atom stereocenters. The monoisotopic (exact) mass is 483 g/mol. The van der Waals surface area contributed by atoms with E-state index in [4.69, 9.17) is 4.74 Å². The number of benzene rings is 3. The third kappa shape index (κ3) is 4.33. The lowest BCUT2D eigenvalue weighted by atomic mass is 9.89. The van der Waals surface area contributed by atoms with Crippen molar-refractivity contribution in [3.63, 3.8) is 0 Å². The Morgan fingerprint density at radius 1 is 1.00 bits per heavy atom. The van der Waals surface area contributed by atoms with Crippen LogP contribution in [-0.2, 0) is 28.0 Å². The molecule has 2 aliphatic rings. The van der Waals surface area contributed by atoms with E-state index in [1.54, 1.807) is 14.0 Å². The molecule has 36 heavy (non-hydrogen) atoms. The van der Waals surface area contributed by atoms with E-state index in [2.05, 4.69) is 10.6 Å². The minimum atomic E-state index is -1.20. The van der Waals surface area contributed by atoms with Crippen LogP contribution in [0.2, 0.25) is 0 Å². The molecular formula is C29H29N3O4. The van der Waals surface area contributed by atoms with E-state index in [-0.39, 0.29) is 6.54 Å². The summed E-state index contributed by atoms with van der Waals surface area (Å²) >= 11 is 0. The van der Waals surface area contributed by atoms with Crippen LogP contribution in [0, 0.1) is 0 Å². The first-order valence-corrected chi connectivity index (χ1v) is 12.1. The van der Waals surface area contributed by atoms with E-state index in [0.29, 0.717) is 5.75 Å². The SMILES string of the molecule is COc1ccc([C@@H](NC(=O)CN2C(=O)N[C@@](C)(c3ccc4c(c3)CCC4)C2=O)c2ccccc2)cc1. The Kier molecular flexibility index (Phi) is 6.22. The first kappa shape index (κ1) is 23.6. The Hall–Kier alpha value is -4.13. The molecule has 184 valence electrons. The van der Waals surface area contributed by atoms with Crippen molar-refractivity contribution < 1.29 is 19.1 Å². The first-order chi connectivity index (χ1) is 17.4. The number of methoxy groups -OCH3 is 1. The van der Waals surface area contributed by atoms with Crippen molar-refractivity contribution in [3.8, 4) is 5.75 Å².